The lowest BCUT2D eigenvalue weighted by atomic mass is 10.1. The molecule has 0 unspecified atom stereocenters. The van der Waals surface area contributed by atoms with Gasteiger partial charge in [0.15, 0.2) is 17.3 Å². The first-order valence-electron chi connectivity index (χ1n) is 10.1. The van der Waals surface area contributed by atoms with Crippen LogP contribution >= 0.6 is 0 Å². The van der Waals surface area contributed by atoms with Gasteiger partial charge in [0.2, 0.25) is 5.91 Å². The van der Waals surface area contributed by atoms with Gasteiger partial charge in [-0.25, -0.2) is 9.67 Å². The standard InChI is InChI=1S/C23H22N6O3/c1-15-10-16(2)29(27-15)21-9-8-17(12-24-21)13-25-22(30)14-26-23(31)19-11-20(32-28-19)18-6-4-3-5-7-18/h3-12H,13-14H2,1-2H3,(H,25,30)(H,26,31). The molecule has 0 saturated carbocycles. The Labute approximate surface area is 184 Å². The summed E-state index contributed by atoms with van der Waals surface area (Å²) in [6, 6.07) is 16.6. The summed E-state index contributed by atoms with van der Waals surface area (Å²) in [6.07, 6.45) is 1.69. The number of hydrogen-bond acceptors (Lipinski definition) is 6. The van der Waals surface area contributed by atoms with Crippen LogP contribution in [0.25, 0.3) is 17.1 Å². The molecule has 162 valence electrons. The fourth-order valence-corrected chi connectivity index (χ4v) is 3.14. The van der Waals surface area contributed by atoms with Gasteiger partial charge in [-0.1, -0.05) is 41.6 Å². The Morgan fingerprint density at radius 2 is 1.84 bits per heavy atom. The molecule has 0 bridgehead atoms. The van der Waals surface area contributed by atoms with Crippen molar-refractivity contribution in [3.8, 4) is 17.1 Å². The summed E-state index contributed by atoms with van der Waals surface area (Å²) in [5, 5.41) is 13.5. The zero-order valence-electron chi connectivity index (χ0n) is 17.7. The molecule has 9 nitrogen and oxygen atoms in total. The number of carbonyl (C=O) groups excluding carboxylic acids is 2. The predicted molar refractivity (Wildman–Crippen MR) is 117 cm³/mol. The van der Waals surface area contributed by atoms with Crippen LogP contribution in [0.15, 0.2) is 65.3 Å². The van der Waals surface area contributed by atoms with Gasteiger partial charge < -0.3 is 15.2 Å². The fraction of sp³-hybridized carbons (Fsp3) is 0.174. The lowest BCUT2D eigenvalue weighted by molar-refractivity contribution is -0.120. The van der Waals surface area contributed by atoms with E-state index in [-0.39, 0.29) is 18.1 Å². The first-order valence-corrected chi connectivity index (χ1v) is 10.1. The molecule has 4 aromatic rings. The van der Waals surface area contributed by atoms with E-state index in [2.05, 4.69) is 25.9 Å². The van der Waals surface area contributed by atoms with E-state index in [0.29, 0.717) is 18.1 Å². The maximum Gasteiger partial charge on any atom is 0.273 e. The second kappa shape index (κ2) is 9.25. The smallest absolute Gasteiger partial charge is 0.273 e. The average Bonchev–Trinajstić information content (AvgIpc) is 3.43. The van der Waals surface area contributed by atoms with Crippen LogP contribution in [0.3, 0.4) is 0 Å². The van der Waals surface area contributed by atoms with E-state index in [9.17, 15) is 9.59 Å². The number of pyridine rings is 1. The normalized spacial score (nSPS) is 10.7. The van der Waals surface area contributed by atoms with Crippen LogP contribution in [-0.4, -0.2) is 38.3 Å². The van der Waals surface area contributed by atoms with Gasteiger partial charge in [-0.2, -0.15) is 5.10 Å². The quantitative estimate of drug-likeness (QED) is 0.466. The molecule has 0 atom stereocenters. The van der Waals surface area contributed by atoms with Crippen molar-refractivity contribution in [2.45, 2.75) is 20.4 Å². The molecule has 3 aromatic heterocycles. The Hall–Kier alpha value is -4.27. The second-order valence-corrected chi connectivity index (χ2v) is 7.27. The third-order valence-corrected chi connectivity index (χ3v) is 4.74. The highest BCUT2D eigenvalue weighted by Gasteiger charge is 2.14. The zero-order valence-corrected chi connectivity index (χ0v) is 17.7. The highest BCUT2D eigenvalue weighted by atomic mass is 16.5. The van der Waals surface area contributed by atoms with Gasteiger partial charge in [-0.15, -0.1) is 0 Å². The van der Waals surface area contributed by atoms with Crippen molar-refractivity contribution in [2.75, 3.05) is 6.54 Å². The summed E-state index contributed by atoms with van der Waals surface area (Å²) in [6.45, 7) is 4.01. The minimum atomic E-state index is -0.484. The van der Waals surface area contributed by atoms with Crippen LogP contribution in [0.4, 0.5) is 0 Å². The highest BCUT2D eigenvalue weighted by Crippen LogP contribution is 2.19. The van der Waals surface area contributed by atoms with Gasteiger partial charge in [0, 0.05) is 30.1 Å². The van der Waals surface area contributed by atoms with Crippen molar-refractivity contribution in [1.29, 1.82) is 0 Å². The van der Waals surface area contributed by atoms with Crippen molar-refractivity contribution in [3.63, 3.8) is 0 Å². The van der Waals surface area contributed by atoms with Crippen molar-refractivity contribution in [2.24, 2.45) is 0 Å². The average molecular weight is 430 g/mol. The highest BCUT2D eigenvalue weighted by molar-refractivity contribution is 5.95. The first kappa shape index (κ1) is 21.0. The minimum Gasteiger partial charge on any atom is -0.355 e. The monoisotopic (exact) mass is 430 g/mol. The summed E-state index contributed by atoms with van der Waals surface area (Å²) in [7, 11) is 0. The summed E-state index contributed by atoms with van der Waals surface area (Å²) in [5.41, 5.74) is 3.67. The number of aryl methyl sites for hydroxylation is 2. The van der Waals surface area contributed by atoms with E-state index in [1.165, 1.54) is 0 Å². The molecule has 0 fully saturated rings. The molecule has 2 amide bonds. The summed E-state index contributed by atoms with van der Waals surface area (Å²) in [4.78, 5) is 28.8. The van der Waals surface area contributed by atoms with Crippen LogP contribution in [0.5, 0.6) is 0 Å². The van der Waals surface area contributed by atoms with Crippen molar-refractivity contribution < 1.29 is 14.1 Å². The summed E-state index contributed by atoms with van der Waals surface area (Å²) >= 11 is 0. The number of amides is 2. The third kappa shape index (κ3) is 4.89. The molecular weight excluding hydrogens is 408 g/mol. The van der Waals surface area contributed by atoms with Gasteiger partial charge in [0.05, 0.1) is 12.2 Å². The van der Waals surface area contributed by atoms with E-state index in [0.717, 1.165) is 22.5 Å². The Kier molecular flexibility index (Phi) is 6.07. The third-order valence-electron chi connectivity index (χ3n) is 4.74. The molecule has 2 N–H and O–H groups in total. The Bertz CT molecular complexity index is 1230. The van der Waals surface area contributed by atoms with Gasteiger partial charge in [-0.05, 0) is 31.5 Å². The number of hydrogen-bond donors (Lipinski definition) is 2. The van der Waals surface area contributed by atoms with Gasteiger partial charge in [0.25, 0.3) is 5.91 Å². The van der Waals surface area contributed by atoms with E-state index >= 15 is 0 Å². The number of benzene rings is 1. The summed E-state index contributed by atoms with van der Waals surface area (Å²) in [5.74, 6) is 0.381. The molecule has 0 aliphatic rings. The molecule has 0 aliphatic carbocycles. The number of nitrogens with one attached hydrogen (secondary N) is 2. The molecular formula is C23H22N6O3. The predicted octanol–water partition coefficient (Wildman–Crippen LogP) is 2.59. The molecule has 0 saturated heterocycles. The molecule has 32 heavy (non-hydrogen) atoms. The van der Waals surface area contributed by atoms with Crippen LogP contribution in [0.2, 0.25) is 0 Å². The second-order valence-electron chi connectivity index (χ2n) is 7.27. The van der Waals surface area contributed by atoms with Gasteiger partial charge in [0.1, 0.15) is 0 Å². The number of aromatic nitrogens is 4. The Morgan fingerprint density at radius 3 is 2.53 bits per heavy atom. The largest absolute Gasteiger partial charge is 0.355 e. The molecule has 4 rings (SSSR count). The number of carbonyl (C=O) groups is 2. The fourth-order valence-electron chi connectivity index (χ4n) is 3.14. The topological polar surface area (TPSA) is 115 Å². The van der Waals surface area contributed by atoms with E-state index in [1.807, 2.05) is 62.4 Å². The maximum absolute atomic E-state index is 12.2. The Balaban J connectivity index is 1.26. The number of nitrogens with zero attached hydrogens (tertiary/aromatic N) is 4. The molecule has 3 heterocycles. The maximum atomic E-state index is 12.2. The number of rotatable bonds is 7. The van der Waals surface area contributed by atoms with Crippen molar-refractivity contribution in [1.82, 2.24) is 30.6 Å². The van der Waals surface area contributed by atoms with E-state index < -0.39 is 5.91 Å². The van der Waals surface area contributed by atoms with Crippen LogP contribution in [0, 0.1) is 13.8 Å². The zero-order chi connectivity index (χ0) is 22.5. The lowest BCUT2D eigenvalue weighted by Crippen LogP contribution is -2.36. The van der Waals surface area contributed by atoms with Crippen LogP contribution in [0.1, 0.15) is 27.4 Å². The van der Waals surface area contributed by atoms with Crippen molar-refractivity contribution >= 4 is 11.8 Å². The van der Waals surface area contributed by atoms with E-state index in [4.69, 9.17) is 4.52 Å². The van der Waals surface area contributed by atoms with Crippen LogP contribution in [-0.2, 0) is 11.3 Å². The molecule has 0 radical (unpaired) electrons. The molecule has 1 aromatic carbocycles. The Morgan fingerprint density at radius 1 is 1.03 bits per heavy atom. The van der Waals surface area contributed by atoms with E-state index in [1.54, 1.807) is 16.9 Å². The summed E-state index contributed by atoms with van der Waals surface area (Å²) < 4.78 is 6.97. The SMILES string of the molecule is Cc1cc(C)n(-c2ccc(CNC(=O)CNC(=O)c3cc(-c4ccccc4)on3)cn2)n1. The molecule has 0 spiro atoms. The minimum absolute atomic E-state index is 0.112. The molecule has 0 aliphatic heterocycles. The lowest BCUT2D eigenvalue weighted by Gasteiger charge is -2.07. The van der Waals surface area contributed by atoms with Crippen LogP contribution < -0.4 is 10.6 Å². The molecule has 9 heteroatoms. The van der Waals surface area contributed by atoms with Crippen molar-refractivity contribution in [3.05, 3.63) is 83.4 Å². The van der Waals surface area contributed by atoms with Gasteiger partial charge >= 0.3 is 0 Å². The van der Waals surface area contributed by atoms with Gasteiger partial charge in [-0.3, -0.25) is 9.59 Å². The first-order chi connectivity index (χ1) is 15.5.